The lowest BCUT2D eigenvalue weighted by Gasteiger charge is -2.39. The number of rotatable bonds is 1. The van der Waals surface area contributed by atoms with Gasteiger partial charge < -0.3 is 25.4 Å². The van der Waals surface area contributed by atoms with Crippen molar-refractivity contribution < 1.29 is 24.9 Å². The van der Waals surface area contributed by atoms with Gasteiger partial charge in [0, 0.05) is 6.92 Å². The van der Waals surface area contributed by atoms with Crippen LogP contribution in [0.3, 0.4) is 0 Å². The molecule has 1 aliphatic heterocycles. The Morgan fingerprint density at radius 3 is 2.36 bits per heavy atom. The van der Waals surface area contributed by atoms with Gasteiger partial charge in [-0.2, -0.15) is 0 Å². The van der Waals surface area contributed by atoms with E-state index < -0.39 is 36.6 Å². The first-order valence-electron chi connectivity index (χ1n) is 4.40. The summed E-state index contributed by atoms with van der Waals surface area (Å²) in [4.78, 5) is 10.7. The first-order valence-corrected chi connectivity index (χ1v) is 4.40. The Morgan fingerprint density at radius 2 is 1.86 bits per heavy atom. The second-order valence-electron chi connectivity index (χ2n) is 3.44. The van der Waals surface area contributed by atoms with Gasteiger partial charge in [0.1, 0.15) is 18.2 Å². The lowest BCUT2D eigenvalue weighted by Crippen LogP contribution is -2.62. The van der Waals surface area contributed by atoms with E-state index in [1.807, 2.05) is 0 Å². The number of amides is 1. The lowest BCUT2D eigenvalue weighted by atomic mass is 9.98. The van der Waals surface area contributed by atoms with Crippen molar-refractivity contribution in [1.29, 1.82) is 0 Å². The second-order valence-corrected chi connectivity index (χ2v) is 3.44. The molecule has 0 saturated carbocycles. The fourth-order valence-corrected chi connectivity index (χ4v) is 1.44. The van der Waals surface area contributed by atoms with Gasteiger partial charge in [0.25, 0.3) is 0 Å². The normalized spacial score (nSPS) is 43.4. The minimum atomic E-state index is -1.30. The van der Waals surface area contributed by atoms with Crippen molar-refractivity contribution in [3.63, 3.8) is 0 Å². The third-order valence-electron chi connectivity index (χ3n) is 2.23. The average Bonchev–Trinajstić information content (AvgIpc) is 2.09. The van der Waals surface area contributed by atoms with E-state index in [0.717, 1.165) is 0 Å². The number of aliphatic hydroxyl groups is 3. The van der Waals surface area contributed by atoms with Crippen LogP contribution in [0.1, 0.15) is 13.8 Å². The summed E-state index contributed by atoms with van der Waals surface area (Å²) in [5, 5.41) is 30.6. The Kier molecular flexibility index (Phi) is 3.43. The molecule has 14 heavy (non-hydrogen) atoms. The molecule has 82 valence electrons. The molecule has 1 amide bonds. The summed E-state index contributed by atoms with van der Waals surface area (Å²) in [6.07, 6.45) is -4.30. The van der Waals surface area contributed by atoms with Crippen molar-refractivity contribution in [3.8, 4) is 0 Å². The zero-order valence-corrected chi connectivity index (χ0v) is 8.04. The molecule has 1 saturated heterocycles. The minimum Gasteiger partial charge on any atom is -0.388 e. The summed E-state index contributed by atoms with van der Waals surface area (Å²) in [5.41, 5.74) is 0. The van der Waals surface area contributed by atoms with Crippen molar-refractivity contribution in [2.45, 2.75) is 44.5 Å². The van der Waals surface area contributed by atoms with Crippen LogP contribution in [0.25, 0.3) is 0 Å². The second kappa shape index (κ2) is 4.22. The predicted molar refractivity (Wildman–Crippen MR) is 46.2 cm³/mol. The number of hydrogen-bond donors (Lipinski definition) is 4. The highest BCUT2D eigenvalue weighted by atomic mass is 16.6. The van der Waals surface area contributed by atoms with Crippen LogP contribution in [0.5, 0.6) is 0 Å². The number of aliphatic hydroxyl groups excluding tert-OH is 3. The molecule has 1 heterocycles. The van der Waals surface area contributed by atoms with Crippen LogP contribution in [-0.4, -0.2) is 51.9 Å². The van der Waals surface area contributed by atoms with Gasteiger partial charge in [0.15, 0.2) is 6.29 Å². The Balaban J connectivity index is 2.68. The minimum absolute atomic E-state index is 0.404. The summed E-state index contributed by atoms with van der Waals surface area (Å²) >= 11 is 0. The molecular formula is C8H15NO5. The van der Waals surface area contributed by atoms with Gasteiger partial charge >= 0.3 is 0 Å². The van der Waals surface area contributed by atoms with E-state index >= 15 is 0 Å². The first kappa shape index (κ1) is 11.4. The van der Waals surface area contributed by atoms with Crippen LogP contribution in [0, 0.1) is 0 Å². The molecule has 4 N–H and O–H groups in total. The van der Waals surface area contributed by atoms with Crippen molar-refractivity contribution in [2.75, 3.05) is 0 Å². The molecule has 5 atom stereocenters. The molecule has 0 aromatic rings. The van der Waals surface area contributed by atoms with Crippen molar-refractivity contribution in [1.82, 2.24) is 5.32 Å². The van der Waals surface area contributed by atoms with Crippen LogP contribution >= 0.6 is 0 Å². The smallest absolute Gasteiger partial charge is 0.217 e. The zero-order valence-electron chi connectivity index (χ0n) is 8.04. The molecule has 1 fully saturated rings. The van der Waals surface area contributed by atoms with Crippen molar-refractivity contribution in [3.05, 3.63) is 0 Å². The van der Waals surface area contributed by atoms with Gasteiger partial charge in [-0.15, -0.1) is 0 Å². The van der Waals surface area contributed by atoms with Gasteiger partial charge in [-0.05, 0) is 6.92 Å². The van der Waals surface area contributed by atoms with E-state index in [9.17, 15) is 20.1 Å². The van der Waals surface area contributed by atoms with E-state index in [0.29, 0.717) is 0 Å². The molecule has 6 heteroatoms. The van der Waals surface area contributed by atoms with Crippen LogP contribution in [0.2, 0.25) is 0 Å². The van der Waals surface area contributed by atoms with Gasteiger partial charge in [-0.25, -0.2) is 0 Å². The summed E-state index contributed by atoms with van der Waals surface area (Å²) < 4.78 is 4.91. The van der Waals surface area contributed by atoms with Gasteiger partial charge in [-0.1, -0.05) is 0 Å². The van der Waals surface area contributed by atoms with Crippen molar-refractivity contribution >= 4 is 5.91 Å². The highest BCUT2D eigenvalue weighted by Gasteiger charge is 2.42. The maximum Gasteiger partial charge on any atom is 0.217 e. The summed E-state index contributed by atoms with van der Waals surface area (Å²) in [6.45, 7) is 2.78. The molecule has 6 nitrogen and oxygen atoms in total. The Morgan fingerprint density at radius 1 is 1.29 bits per heavy atom. The first-order chi connectivity index (χ1) is 6.43. The van der Waals surface area contributed by atoms with Crippen molar-refractivity contribution in [2.24, 2.45) is 0 Å². The van der Waals surface area contributed by atoms with Gasteiger partial charge in [-0.3, -0.25) is 4.79 Å². The number of hydrogen-bond acceptors (Lipinski definition) is 5. The molecule has 1 aliphatic rings. The highest BCUT2D eigenvalue weighted by molar-refractivity contribution is 5.73. The van der Waals surface area contributed by atoms with Gasteiger partial charge in [0.05, 0.1) is 6.10 Å². The molecule has 1 rings (SSSR count). The molecule has 0 spiro atoms. The summed E-state index contributed by atoms with van der Waals surface area (Å²) in [6, 6.07) is -0.987. The van der Waals surface area contributed by atoms with E-state index in [1.165, 1.54) is 13.8 Å². The monoisotopic (exact) mass is 205 g/mol. The van der Waals surface area contributed by atoms with E-state index in [1.54, 1.807) is 0 Å². The fourth-order valence-electron chi connectivity index (χ4n) is 1.44. The maximum atomic E-state index is 10.7. The largest absolute Gasteiger partial charge is 0.388 e. The number of carbonyl (C=O) groups is 1. The predicted octanol–water partition coefficient (Wildman–Crippen LogP) is -2.05. The highest BCUT2D eigenvalue weighted by Crippen LogP contribution is 2.19. The summed E-state index contributed by atoms with van der Waals surface area (Å²) in [5.74, 6) is -0.404. The number of ether oxygens (including phenoxy) is 1. The maximum absolute atomic E-state index is 10.7. The Labute approximate surface area is 81.5 Å². The molecular weight excluding hydrogens is 190 g/mol. The molecule has 0 aromatic heterocycles. The van der Waals surface area contributed by atoms with Crippen LogP contribution in [0.4, 0.5) is 0 Å². The third kappa shape index (κ3) is 2.21. The van der Waals surface area contributed by atoms with Crippen LogP contribution in [-0.2, 0) is 9.53 Å². The van der Waals surface area contributed by atoms with E-state index in [-0.39, 0.29) is 0 Å². The lowest BCUT2D eigenvalue weighted by molar-refractivity contribution is -0.242. The van der Waals surface area contributed by atoms with E-state index in [2.05, 4.69) is 5.32 Å². The SMILES string of the molecule is CC(=O)N[C@@H]1[C@@H](O)[C@H](O)[C@@H](C)O[C@@H]1O. The van der Waals surface area contributed by atoms with Crippen LogP contribution < -0.4 is 5.32 Å². The van der Waals surface area contributed by atoms with E-state index in [4.69, 9.17) is 4.74 Å². The average molecular weight is 205 g/mol. The van der Waals surface area contributed by atoms with Gasteiger partial charge in [0.2, 0.25) is 5.91 Å². The zero-order chi connectivity index (χ0) is 10.9. The Hall–Kier alpha value is -0.690. The summed E-state index contributed by atoms with van der Waals surface area (Å²) in [7, 11) is 0. The quantitative estimate of drug-likeness (QED) is 0.395. The Bertz CT molecular complexity index is 222. The topological polar surface area (TPSA) is 99.0 Å². The number of nitrogens with one attached hydrogen (secondary N) is 1. The fraction of sp³-hybridized carbons (Fsp3) is 0.875. The van der Waals surface area contributed by atoms with Crippen LogP contribution in [0.15, 0.2) is 0 Å². The molecule has 0 bridgehead atoms. The standard InChI is InChI=1S/C8H15NO5/c1-3-6(11)7(12)5(8(13)14-3)9-4(2)10/h3,5-8,11-13H,1-2H3,(H,9,10)/t3-,5-,6-,7-,8+/m1/s1. The number of carbonyl (C=O) groups excluding carboxylic acids is 1. The third-order valence-corrected chi connectivity index (χ3v) is 2.23. The molecule has 0 unspecified atom stereocenters. The molecule has 0 aliphatic carbocycles. The molecule has 0 radical (unpaired) electrons. The molecule has 0 aromatic carbocycles.